The maximum Gasteiger partial charge on any atom is 0.227 e. The van der Waals surface area contributed by atoms with Crippen molar-refractivity contribution in [1.29, 1.82) is 0 Å². The Bertz CT molecular complexity index is 835. The first kappa shape index (κ1) is 22.7. The summed E-state index contributed by atoms with van der Waals surface area (Å²) in [5, 5.41) is 2.69. The first-order valence-electron chi connectivity index (χ1n) is 10.6. The summed E-state index contributed by atoms with van der Waals surface area (Å²) in [5.41, 5.74) is 2.04. The number of morpholine rings is 1. The molecule has 0 saturated carbocycles. The van der Waals surface area contributed by atoms with Crippen LogP contribution in [-0.4, -0.2) is 69.7 Å². The lowest BCUT2D eigenvalue weighted by atomic mass is 10.1. The van der Waals surface area contributed by atoms with Crippen molar-refractivity contribution in [1.82, 2.24) is 9.62 Å². The molecule has 9 heteroatoms. The molecule has 30 heavy (non-hydrogen) atoms. The summed E-state index contributed by atoms with van der Waals surface area (Å²) < 4.78 is 31.2. The number of benzene rings is 1. The van der Waals surface area contributed by atoms with Crippen molar-refractivity contribution in [2.45, 2.75) is 32.6 Å². The van der Waals surface area contributed by atoms with Crippen molar-refractivity contribution < 1.29 is 22.7 Å². The molecule has 166 valence electrons. The fourth-order valence-electron chi connectivity index (χ4n) is 3.76. The van der Waals surface area contributed by atoms with Gasteiger partial charge >= 0.3 is 0 Å². The van der Waals surface area contributed by atoms with Gasteiger partial charge in [-0.2, -0.15) is 4.31 Å². The van der Waals surface area contributed by atoms with Crippen molar-refractivity contribution in [2.24, 2.45) is 5.92 Å². The van der Waals surface area contributed by atoms with E-state index < -0.39 is 15.9 Å². The molecule has 2 aliphatic heterocycles. The third-order valence-electron chi connectivity index (χ3n) is 5.59. The van der Waals surface area contributed by atoms with E-state index in [1.165, 1.54) is 9.87 Å². The van der Waals surface area contributed by atoms with Gasteiger partial charge in [0.25, 0.3) is 0 Å². The maximum absolute atomic E-state index is 12.5. The zero-order valence-electron chi connectivity index (χ0n) is 17.5. The van der Waals surface area contributed by atoms with Gasteiger partial charge in [0.1, 0.15) is 0 Å². The Hall–Kier alpha value is -1.97. The number of aryl methyl sites for hydroxylation is 1. The van der Waals surface area contributed by atoms with E-state index in [2.05, 4.69) is 12.2 Å². The number of rotatable bonds is 9. The molecule has 0 bridgehead atoms. The third kappa shape index (κ3) is 5.80. The molecular formula is C21H31N3O5S. The quantitative estimate of drug-likeness (QED) is 0.625. The second-order valence-electron chi connectivity index (χ2n) is 7.79. The predicted molar refractivity (Wildman–Crippen MR) is 115 cm³/mol. The van der Waals surface area contributed by atoms with Gasteiger partial charge in [-0.1, -0.05) is 25.5 Å². The van der Waals surface area contributed by atoms with E-state index in [9.17, 15) is 18.0 Å². The molecule has 3 rings (SSSR count). The van der Waals surface area contributed by atoms with Crippen molar-refractivity contribution in [2.75, 3.05) is 50.0 Å². The van der Waals surface area contributed by atoms with Gasteiger partial charge in [-0.3, -0.25) is 9.59 Å². The third-order valence-corrected chi connectivity index (χ3v) is 7.46. The van der Waals surface area contributed by atoms with E-state index in [1.807, 2.05) is 24.3 Å². The van der Waals surface area contributed by atoms with Crippen LogP contribution >= 0.6 is 0 Å². The van der Waals surface area contributed by atoms with Gasteiger partial charge in [0.15, 0.2) is 0 Å². The minimum atomic E-state index is -3.42. The molecular weight excluding hydrogens is 406 g/mol. The fraction of sp³-hybridized carbons (Fsp3) is 0.619. The Kier molecular flexibility index (Phi) is 7.85. The molecule has 2 fully saturated rings. The zero-order chi connectivity index (χ0) is 21.6. The molecule has 8 nitrogen and oxygen atoms in total. The zero-order valence-corrected chi connectivity index (χ0v) is 18.3. The number of sulfonamides is 1. The number of ether oxygens (including phenoxy) is 1. The highest BCUT2D eigenvalue weighted by Gasteiger charge is 2.35. The smallest absolute Gasteiger partial charge is 0.227 e. The van der Waals surface area contributed by atoms with Gasteiger partial charge in [-0.05, 0) is 30.5 Å². The largest absolute Gasteiger partial charge is 0.379 e. The second-order valence-corrected chi connectivity index (χ2v) is 9.88. The summed E-state index contributed by atoms with van der Waals surface area (Å²) in [4.78, 5) is 26.5. The SMILES string of the molecule is CCCCc1ccc(N2CC(C(=O)NCCS(=O)(=O)N3CCOCC3)CC2=O)cc1. The summed E-state index contributed by atoms with van der Waals surface area (Å²) in [7, 11) is -3.42. The number of anilines is 1. The van der Waals surface area contributed by atoms with E-state index in [1.54, 1.807) is 4.90 Å². The monoisotopic (exact) mass is 437 g/mol. The fourth-order valence-corrected chi connectivity index (χ4v) is 5.08. The van der Waals surface area contributed by atoms with Crippen LogP contribution in [0.1, 0.15) is 31.7 Å². The average Bonchev–Trinajstić information content (AvgIpc) is 3.15. The van der Waals surface area contributed by atoms with Crippen molar-refractivity contribution in [3.63, 3.8) is 0 Å². The van der Waals surface area contributed by atoms with E-state index in [4.69, 9.17) is 4.74 Å². The molecule has 2 aliphatic rings. The van der Waals surface area contributed by atoms with Gasteiger partial charge in [-0.25, -0.2) is 8.42 Å². The Balaban J connectivity index is 1.48. The molecule has 0 aliphatic carbocycles. The topological polar surface area (TPSA) is 96.0 Å². The Morgan fingerprint density at radius 3 is 2.57 bits per heavy atom. The number of unbranched alkanes of at least 4 members (excludes halogenated alkanes) is 1. The van der Waals surface area contributed by atoms with Crippen molar-refractivity contribution in [3.8, 4) is 0 Å². The molecule has 2 amide bonds. The molecule has 0 spiro atoms. The standard InChI is InChI=1S/C21H31N3O5S/c1-2-3-4-17-5-7-19(8-6-17)24-16-18(15-20(24)25)21(26)22-9-14-30(27,28)23-10-12-29-13-11-23/h5-8,18H,2-4,9-16H2,1H3,(H,22,26). The Morgan fingerprint density at radius 2 is 1.90 bits per heavy atom. The first-order valence-corrected chi connectivity index (χ1v) is 12.2. The number of hydrogen-bond acceptors (Lipinski definition) is 5. The van der Waals surface area contributed by atoms with Crippen LogP contribution in [-0.2, 0) is 30.8 Å². The van der Waals surface area contributed by atoms with E-state index >= 15 is 0 Å². The number of nitrogens with zero attached hydrogens (tertiary/aromatic N) is 2. The van der Waals surface area contributed by atoms with Gasteiger partial charge in [0.05, 0.1) is 24.9 Å². The predicted octanol–water partition coefficient (Wildman–Crippen LogP) is 1.16. The minimum Gasteiger partial charge on any atom is -0.379 e. The average molecular weight is 438 g/mol. The Morgan fingerprint density at radius 1 is 1.20 bits per heavy atom. The van der Waals surface area contributed by atoms with Crippen LogP contribution in [0.15, 0.2) is 24.3 Å². The van der Waals surface area contributed by atoms with Gasteiger partial charge < -0.3 is 15.0 Å². The molecule has 1 unspecified atom stereocenters. The van der Waals surface area contributed by atoms with Crippen molar-refractivity contribution >= 4 is 27.5 Å². The summed E-state index contributed by atoms with van der Waals surface area (Å²) >= 11 is 0. The highest BCUT2D eigenvalue weighted by atomic mass is 32.2. The number of nitrogens with one attached hydrogen (secondary N) is 1. The summed E-state index contributed by atoms with van der Waals surface area (Å²) in [6, 6.07) is 7.92. The van der Waals surface area contributed by atoms with E-state index in [0.717, 1.165) is 24.9 Å². The highest BCUT2D eigenvalue weighted by molar-refractivity contribution is 7.89. The van der Waals surface area contributed by atoms with Gasteiger partial charge in [0.2, 0.25) is 21.8 Å². The molecule has 2 saturated heterocycles. The molecule has 1 atom stereocenters. The second kappa shape index (κ2) is 10.4. The number of carbonyl (C=O) groups excluding carboxylic acids is 2. The van der Waals surface area contributed by atoms with Crippen LogP contribution in [0.25, 0.3) is 0 Å². The van der Waals surface area contributed by atoms with Crippen LogP contribution in [0.2, 0.25) is 0 Å². The molecule has 1 aromatic carbocycles. The Labute approximate surface area is 178 Å². The summed E-state index contributed by atoms with van der Waals surface area (Å²) in [5.74, 6) is -0.981. The molecule has 0 radical (unpaired) electrons. The van der Waals surface area contributed by atoms with Crippen LogP contribution in [0.5, 0.6) is 0 Å². The minimum absolute atomic E-state index is 0.0370. The number of hydrogen-bond donors (Lipinski definition) is 1. The van der Waals surface area contributed by atoms with Gasteiger partial charge in [-0.15, -0.1) is 0 Å². The lowest BCUT2D eigenvalue weighted by molar-refractivity contribution is -0.126. The van der Waals surface area contributed by atoms with Crippen LogP contribution in [0, 0.1) is 5.92 Å². The van der Waals surface area contributed by atoms with Crippen LogP contribution in [0.4, 0.5) is 5.69 Å². The summed E-state index contributed by atoms with van der Waals surface area (Å²) in [6.45, 7) is 3.99. The first-order chi connectivity index (χ1) is 14.4. The number of amides is 2. The van der Waals surface area contributed by atoms with Crippen LogP contribution in [0.3, 0.4) is 0 Å². The lowest BCUT2D eigenvalue weighted by Gasteiger charge is -2.26. The van der Waals surface area contributed by atoms with Crippen molar-refractivity contribution in [3.05, 3.63) is 29.8 Å². The molecule has 1 aromatic rings. The molecule has 1 N–H and O–H groups in total. The summed E-state index contributed by atoms with van der Waals surface area (Å²) in [6.07, 6.45) is 3.42. The maximum atomic E-state index is 12.5. The highest BCUT2D eigenvalue weighted by Crippen LogP contribution is 2.26. The van der Waals surface area contributed by atoms with Gasteiger partial charge in [0, 0.05) is 38.3 Å². The lowest BCUT2D eigenvalue weighted by Crippen LogP contribution is -2.44. The molecule has 2 heterocycles. The normalized spacial score (nSPS) is 20.5. The van der Waals surface area contributed by atoms with E-state index in [0.29, 0.717) is 32.8 Å². The van der Waals surface area contributed by atoms with Crippen LogP contribution < -0.4 is 10.2 Å². The molecule has 0 aromatic heterocycles. The van der Waals surface area contributed by atoms with E-state index in [-0.39, 0.29) is 30.5 Å². The number of carbonyl (C=O) groups is 2.